The largest absolute Gasteiger partial charge is 0.490 e. The lowest BCUT2D eigenvalue weighted by Gasteiger charge is -2.46. The highest BCUT2D eigenvalue weighted by Crippen LogP contribution is 2.52. The molecule has 0 saturated heterocycles. The molecule has 540 valence electrons. The Labute approximate surface area is 610 Å². The van der Waals surface area contributed by atoms with Crippen molar-refractivity contribution in [2.24, 2.45) is 58.3 Å². The number of carbonyl (C=O) groups is 4. The second kappa shape index (κ2) is 29.2. The van der Waals surface area contributed by atoms with Crippen molar-refractivity contribution < 1.29 is 46.5 Å². The number of halogens is 2. The lowest BCUT2D eigenvalue weighted by molar-refractivity contribution is -0.118. The molecule has 0 N–H and O–H groups in total. The third-order valence-electron chi connectivity index (χ3n) is 24.3. The van der Waals surface area contributed by atoms with E-state index < -0.39 is 31.3 Å². The summed E-state index contributed by atoms with van der Waals surface area (Å²) in [6, 6.07) is 27.3. The number of benzene rings is 4. The number of aryl methyl sites for hydroxylation is 4. The number of Topliss-reactive ketones (excluding diaryl/α,β-unsaturated/α-hetero) is 2. The Morgan fingerprint density at radius 2 is 1.02 bits per heavy atom. The van der Waals surface area contributed by atoms with Gasteiger partial charge >= 0.3 is 0 Å². The van der Waals surface area contributed by atoms with Crippen LogP contribution in [0.1, 0.15) is 156 Å². The van der Waals surface area contributed by atoms with Gasteiger partial charge in [-0.25, -0.2) is 8.42 Å². The van der Waals surface area contributed by atoms with E-state index in [1.165, 1.54) is 22.3 Å². The van der Waals surface area contributed by atoms with Gasteiger partial charge in [0.15, 0.2) is 0 Å². The van der Waals surface area contributed by atoms with Crippen LogP contribution in [0.25, 0.3) is 0 Å². The van der Waals surface area contributed by atoms with Crippen molar-refractivity contribution in [1.29, 1.82) is 0 Å². The third-order valence-corrected chi connectivity index (χ3v) is 29.0. The second-order valence-corrected chi connectivity index (χ2v) is 36.5. The van der Waals surface area contributed by atoms with E-state index in [4.69, 9.17) is 42.1 Å². The van der Waals surface area contributed by atoms with Gasteiger partial charge in [-0.2, -0.15) is 18.9 Å². The number of anilines is 2. The summed E-state index contributed by atoms with van der Waals surface area (Å²) >= 11 is 12.9. The number of allylic oxidation sites excluding steroid dienone is 2. The number of nitrogens with zero attached hydrogens (tertiary/aromatic N) is 8. The average molecular weight is 1460 g/mol. The molecule has 6 aliphatic carbocycles. The van der Waals surface area contributed by atoms with Gasteiger partial charge < -0.3 is 28.7 Å². The van der Waals surface area contributed by atoms with Crippen molar-refractivity contribution in [1.82, 2.24) is 19.6 Å². The molecule has 2 amide bonds. The van der Waals surface area contributed by atoms with Crippen molar-refractivity contribution in [3.63, 3.8) is 0 Å². The van der Waals surface area contributed by atoms with Crippen molar-refractivity contribution in [2.45, 2.75) is 138 Å². The Morgan fingerprint density at radius 1 is 0.578 bits per heavy atom. The molecule has 14 atom stereocenters. The predicted molar refractivity (Wildman–Crippen MR) is 399 cm³/mol. The smallest absolute Gasteiger partial charge is 0.285 e. The van der Waals surface area contributed by atoms with Crippen molar-refractivity contribution >= 4 is 77.4 Å². The van der Waals surface area contributed by atoms with Gasteiger partial charge in [0.2, 0.25) is 0 Å². The van der Waals surface area contributed by atoms with E-state index in [1.807, 2.05) is 62.6 Å². The Kier molecular flexibility index (Phi) is 20.2. The fourth-order valence-electron chi connectivity index (χ4n) is 18.3. The number of aromatic nitrogens is 4. The third kappa shape index (κ3) is 14.5. The molecule has 16 rings (SSSR count). The molecule has 2 spiro atoms. The zero-order valence-electron chi connectivity index (χ0n) is 58.9. The summed E-state index contributed by atoms with van der Waals surface area (Å²) in [5, 5.41) is 10.0. The zero-order valence-corrected chi connectivity index (χ0v) is 62.1. The van der Waals surface area contributed by atoms with Crippen LogP contribution in [0.3, 0.4) is 0 Å². The van der Waals surface area contributed by atoms with E-state index in [9.17, 15) is 27.6 Å². The molecule has 2 aromatic heterocycles. The summed E-state index contributed by atoms with van der Waals surface area (Å²) in [4.78, 5) is 60.0. The van der Waals surface area contributed by atoms with Crippen LogP contribution in [0.5, 0.6) is 11.5 Å². The summed E-state index contributed by atoms with van der Waals surface area (Å²) in [7, 11) is 0.965. The number of hydrogen-bond acceptors (Lipinski definition) is 14. The normalized spacial score (nSPS) is 32.4. The molecule has 18 nitrogen and oxygen atoms in total. The Morgan fingerprint density at radius 3 is 1.41 bits per heavy atom. The first-order valence-corrected chi connectivity index (χ1v) is 41.3. The van der Waals surface area contributed by atoms with Gasteiger partial charge in [-0.15, -0.1) is 0 Å². The van der Waals surface area contributed by atoms with E-state index in [-0.39, 0.29) is 81.3 Å². The molecule has 4 aliphatic heterocycles. The highest BCUT2D eigenvalue weighted by Gasteiger charge is 2.50. The summed E-state index contributed by atoms with van der Waals surface area (Å²) in [5.41, 5.74) is 9.10. The van der Waals surface area contributed by atoms with E-state index in [2.05, 4.69) is 77.3 Å². The zero-order chi connectivity index (χ0) is 70.7. The van der Waals surface area contributed by atoms with Crippen LogP contribution in [0.15, 0.2) is 130 Å². The fourth-order valence-corrected chi connectivity index (χ4v) is 22.6. The maximum Gasteiger partial charge on any atom is 0.285 e. The summed E-state index contributed by atoms with van der Waals surface area (Å²) in [6.07, 6.45) is 26.2. The minimum Gasteiger partial charge on any atom is -0.490 e. The van der Waals surface area contributed by atoms with Crippen molar-refractivity contribution in [3.8, 4) is 11.5 Å². The average Bonchev–Trinajstić information content (AvgIpc) is 1.37. The highest BCUT2D eigenvalue weighted by molar-refractivity contribution is 7.94. The van der Waals surface area contributed by atoms with Crippen LogP contribution in [0.4, 0.5) is 11.4 Å². The first kappa shape index (κ1) is 70.7. The molecule has 6 heterocycles. The number of fused-ring (bicyclic) bond motifs is 8. The van der Waals surface area contributed by atoms with Crippen LogP contribution >= 0.6 is 23.2 Å². The summed E-state index contributed by atoms with van der Waals surface area (Å²) < 4.78 is 66.9. The van der Waals surface area contributed by atoms with Crippen LogP contribution < -0.4 is 19.3 Å². The van der Waals surface area contributed by atoms with Crippen LogP contribution in [-0.4, -0.2) is 140 Å². The van der Waals surface area contributed by atoms with Gasteiger partial charge in [-0.3, -0.25) is 28.5 Å². The standard InChI is InChI=1S/2C40H47ClN4O5S/c2*1-44-34(15-17-42-44)31-21-32(31)36(46)23-51(48)18-5-3-4-8-37(49-2)30-12-9-28(30)22-45-24-40(16-6-7-26-19-29(41)11-13-33(26)40)25-50-38-14-10-27(20-35(38)45)39(47)43-51/h2*4,8,10-11,13-15,17,19-20,28,30-32,37H,3,5-7,9,12,16,18,21-25H2,1-2H3/b2*8-4+/t28-,30+,31+,32+,37-,40-,51+;28-,30+,31-,32-,37-,40-,51+/m00/s1. The topological polar surface area (TPSA) is 206 Å². The number of rotatable bonds is 10. The van der Waals surface area contributed by atoms with Crippen LogP contribution in [-0.2, 0) is 76.3 Å². The number of hydrogen-bond donors (Lipinski definition) is 0. The highest BCUT2D eigenvalue weighted by atomic mass is 35.5. The molecule has 0 radical (unpaired) electrons. The Balaban J connectivity index is 0.000000165. The van der Waals surface area contributed by atoms with Crippen molar-refractivity contribution in [3.05, 3.63) is 176 Å². The van der Waals surface area contributed by atoms with Crippen LogP contribution in [0.2, 0.25) is 10.0 Å². The molecule has 10 aliphatic rings. The molecule has 4 saturated carbocycles. The number of ketones is 2. The minimum atomic E-state index is -3.17. The lowest BCUT2D eigenvalue weighted by Crippen LogP contribution is -2.49. The molecule has 4 bridgehead atoms. The molecule has 102 heavy (non-hydrogen) atoms. The van der Waals surface area contributed by atoms with Crippen LogP contribution in [0, 0.1) is 35.5 Å². The predicted octanol–water partition coefficient (Wildman–Crippen LogP) is 13.8. The molecule has 0 unspecified atom stereocenters. The van der Waals surface area contributed by atoms with E-state index in [0.717, 1.165) is 135 Å². The SMILES string of the molecule is CO[C@H]1/C=C/CCC[S@@](=O)(CC(=O)[C@@H]2C[C@H]2c2ccnn2C)=NC(=O)c2ccc3c(c2)N(C[C@@H]2CC[C@H]21)C[C@@]1(CCCc2cc(Cl)ccc21)CO3.CO[C@H]1/C=C/CCC[S@@](=O)(CC(=O)[C@H]2C[C@@H]2c2ccnn2C)=NC(=O)c2ccc3c(c2)N(C[C@@H]2CC[C@H]21)C[C@@]1(CCCc2cc(Cl)ccc21)CO3. The maximum absolute atomic E-state index is 14.5. The number of carbonyl (C=O) groups excluding carboxylic acids is 4. The summed E-state index contributed by atoms with van der Waals surface area (Å²) in [5.74, 6) is 1.31. The second-order valence-electron chi connectivity index (χ2n) is 30.7. The summed E-state index contributed by atoms with van der Waals surface area (Å²) in [6.45, 7) is 4.14. The molecular weight excluding hydrogens is 1370 g/mol. The first-order chi connectivity index (χ1) is 49.3. The molecule has 4 aromatic carbocycles. The number of amides is 2. The molecule has 6 aromatic rings. The number of ether oxygens (including phenoxy) is 4. The maximum atomic E-state index is 14.5. The minimum absolute atomic E-state index is 0.0202. The van der Waals surface area contributed by atoms with Gasteiger partial charge in [0.25, 0.3) is 11.8 Å². The van der Waals surface area contributed by atoms with Gasteiger partial charge in [-0.1, -0.05) is 59.6 Å². The van der Waals surface area contributed by atoms with Gasteiger partial charge in [0, 0.05) is 145 Å². The monoisotopic (exact) mass is 1460 g/mol. The van der Waals surface area contributed by atoms with Gasteiger partial charge in [0.05, 0.1) is 67.8 Å². The quantitative estimate of drug-likeness (QED) is 0.117. The fraction of sp³-hybridized carbons (Fsp3) is 0.525. The molecule has 22 heteroatoms. The molecular formula is C80H94Cl2N8O10S2. The van der Waals surface area contributed by atoms with Gasteiger partial charge in [-0.05, 0) is 221 Å². The first-order valence-electron chi connectivity index (χ1n) is 36.9. The van der Waals surface area contributed by atoms with E-state index in [0.29, 0.717) is 86.5 Å². The van der Waals surface area contributed by atoms with E-state index >= 15 is 0 Å². The Hall–Kier alpha value is -6.94. The van der Waals surface area contributed by atoms with E-state index in [1.54, 1.807) is 48.1 Å². The number of methoxy groups -OCH3 is 2. The van der Waals surface area contributed by atoms with Crippen molar-refractivity contribution in [2.75, 3.05) is 86.4 Å². The van der Waals surface area contributed by atoms with Gasteiger partial charge in [0.1, 0.15) is 23.1 Å². The lowest BCUT2D eigenvalue weighted by atomic mass is 9.68. The molecule has 4 fully saturated rings. The Bertz CT molecular complexity index is 4290.